The topological polar surface area (TPSA) is 67.7 Å². The van der Waals surface area contributed by atoms with E-state index in [0.717, 1.165) is 12.8 Å². The number of likely N-dealkylation sites (tertiary alicyclic amines) is 1. The second-order valence-electron chi connectivity index (χ2n) is 7.05. The monoisotopic (exact) mass is 372 g/mol. The third kappa shape index (κ3) is 3.71. The molecule has 0 radical (unpaired) electrons. The number of hydrogen-bond acceptors (Lipinski definition) is 4. The van der Waals surface area contributed by atoms with Gasteiger partial charge in [0.25, 0.3) is 5.91 Å². The average molecular weight is 372 g/mol. The zero-order chi connectivity index (χ0) is 18.9. The van der Waals surface area contributed by atoms with Crippen LogP contribution in [0.25, 0.3) is 0 Å². The summed E-state index contributed by atoms with van der Waals surface area (Å²) in [6.07, 6.45) is 4.96. The maximum atomic E-state index is 13.2. The number of amides is 2. The van der Waals surface area contributed by atoms with Gasteiger partial charge in [-0.2, -0.15) is 5.10 Å². The van der Waals surface area contributed by atoms with Crippen LogP contribution in [0.2, 0.25) is 0 Å². The quantitative estimate of drug-likeness (QED) is 0.818. The Morgan fingerprint density at radius 2 is 2.07 bits per heavy atom. The van der Waals surface area contributed by atoms with Crippen molar-refractivity contribution in [3.8, 4) is 0 Å². The minimum Gasteiger partial charge on any atom is -0.361 e. The van der Waals surface area contributed by atoms with Crippen LogP contribution in [-0.4, -0.2) is 58.3 Å². The molecule has 3 heterocycles. The number of anilines is 1. The van der Waals surface area contributed by atoms with Gasteiger partial charge < -0.3 is 14.5 Å². The van der Waals surface area contributed by atoms with Crippen molar-refractivity contribution in [2.45, 2.75) is 25.0 Å². The zero-order valence-electron chi connectivity index (χ0n) is 14.9. The number of ether oxygens (including phenoxy) is 1. The van der Waals surface area contributed by atoms with Gasteiger partial charge in [0.2, 0.25) is 5.91 Å². The Morgan fingerprint density at radius 1 is 1.26 bits per heavy atom. The predicted molar refractivity (Wildman–Crippen MR) is 95.5 cm³/mol. The number of carbonyl (C=O) groups excluding carboxylic acids is 2. The molecule has 2 aliphatic heterocycles. The molecule has 2 aliphatic rings. The van der Waals surface area contributed by atoms with E-state index in [4.69, 9.17) is 4.74 Å². The molecule has 4 rings (SSSR count). The number of nitrogens with zero attached hydrogens (tertiary/aromatic N) is 4. The van der Waals surface area contributed by atoms with Crippen LogP contribution < -0.4 is 4.90 Å². The lowest BCUT2D eigenvalue weighted by Gasteiger charge is -2.47. The van der Waals surface area contributed by atoms with Crippen LogP contribution in [0.1, 0.15) is 12.8 Å². The summed E-state index contributed by atoms with van der Waals surface area (Å²) < 4.78 is 20.7. The molecular formula is C19H21FN4O3. The molecule has 0 bridgehead atoms. The molecule has 0 saturated carbocycles. The smallest absolute Gasteiger partial charge is 0.253 e. The highest BCUT2D eigenvalue weighted by Gasteiger charge is 2.44. The Hall–Kier alpha value is -2.74. The van der Waals surface area contributed by atoms with Crippen LogP contribution in [0, 0.1) is 5.82 Å². The van der Waals surface area contributed by atoms with E-state index in [1.165, 1.54) is 12.1 Å². The van der Waals surface area contributed by atoms with Crippen LogP contribution in [0.3, 0.4) is 0 Å². The zero-order valence-corrected chi connectivity index (χ0v) is 14.9. The molecule has 2 aromatic rings. The number of piperidine rings is 1. The average Bonchev–Trinajstić information content (AvgIpc) is 3.18. The highest BCUT2D eigenvalue weighted by Crippen LogP contribution is 2.32. The fourth-order valence-corrected chi connectivity index (χ4v) is 3.76. The van der Waals surface area contributed by atoms with Gasteiger partial charge in [-0.05, 0) is 43.2 Å². The van der Waals surface area contributed by atoms with E-state index in [0.29, 0.717) is 25.3 Å². The van der Waals surface area contributed by atoms with Crippen LogP contribution >= 0.6 is 0 Å². The number of halogens is 1. The molecule has 1 spiro atoms. The molecule has 0 aliphatic carbocycles. The van der Waals surface area contributed by atoms with Crippen LogP contribution in [0.15, 0.2) is 42.7 Å². The SMILES string of the molecule is O=C(Cn1cccn1)N1CCCC2(C1)CN(c1ccc(F)cc1)C(=O)CO2. The van der Waals surface area contributed by atoms with Gasteiger partial charge in [-0.25, -0.2) is 4.39 Å². The normalized spacial score (nSPS) is 23.1. The molecule has 1 aromatic heterocycles. The molecule has 2 fully saturated rings. The first kappa shape index (κ1) is 17.7. The molecule has 7 nitrogen and oxygen atoms in total. The third-order valence-corrected chi connectivity index (χ3v) is 5.14. The van der Waals surface area contributed by atoms with Crippen molar-refractivity contribution in [3.05, 3.63) is 48.5 Å². The summed E-state index contributed by atoms with van der Waals surface area (Å²) in [7, 11) is 0. The first-order valence-electron chi connectivity index (χ1n) is 9.00. The lowest BCUT2D eigenvalue weighted by molar-refractivity contribution is -0.153. The highest BCUT2D eigenvalue weighted by molar-refractivity contribution is 5.95. The first-order valence-corrected chi connectivity index (χ1v) is 9.00. The molecule has 27 heavy (non-hydrogen) atoms. The van der Waals surface area contributed by atoms with Gasteiger partial charge in [0.15, 0.2) is 0 Å². The summed E-state index contributed by atoms with van der Waals surface area (Å²) in [5, 5.41) is 4.08. The number of hydrogen-bond donors (Lipinski definition) is 0. The van der Waals surface area contributed by atoms with Crippen LogP contribution in [0.4, 0.5) is 10.1 Å². The molecule has 0 N–H and O–H groups in total. The molecule has 8 heteroatoms. The number of benzene rings is 1. The van der Waals surface area contributed by atoms with Gasteiger partial charge >= 0.3 is 0 Å². The number of aromatic nitrogens is 2. The molecule has 142 valence electrons. The van der Waals surface area contributed by atoms with E-state index < -0.39 is 5.60 Å². The van der Waals surface area contributed by atoms with Crippen LogP contribution in [-0.2, 0) is 20.9 Å². The van der Waals surface area contributed by atoms with Gasteiger partial charge in [-0.15, -0.1) is 0 Å². The van der Waals surface area contributed by atoms with Crippen molar-refractivity contribution >= 4 is 17.5 Å². The van der Waals surface area contributed by atoms with Crippen LogP contribution in [0.5, 0.6) is 0 Å². The van der Waals surface area contributed by atoms with Crippen molar-refractivity contribution in [3.63, 3.8) is 0 Å². The van der Waals surface area contributed by atoms with Crippen molar-refractivity contribution in [1.82, 2.24) is 14.7 Å². The summed E-state index contributed by atoms with van der Waals surface area (Å²) in [6.45, 7) is 1.58. The Kier molecular flexibility index (Phi) is 4.65. The van der Waals surface area contributed by atoms with Crippen molar-refractivity contribution in [1.29, 1.82) is 0 Å². The predicted octanol–water partition coefficient (Wildman–Crippen LogP) is 1.45. The lowest BCUT2D eigenvalue weighted by Crippen LogP contribution is -2.62. The Morgan fingerprint density at radius 3 is 2.81 bits per heavy atom. The van der Waals surface area contributed by atoms with Gasteiger partial charge in [-0.1, -0.05) is 0 Å². The molecule has 2 saturated heterocycles. The van der Waals surface area contributed by atoms with E-state index in [2.05, 4.69) is 5.10 Å². The molecular weight excluding hydrogens is 351 g/mol. The van der Waals surface area contributed by atoms with Crippen molar-refractivity contribution in [2.75, 3.05) is 31.1 Å². The second kappa shape index (κ2) is 7.11. The maximum Gasteiger partial charge on any atom is 0.253 e. The van der Waals surface area contributed by atoms with Crippen molar-refractivity contribution in [2.24, 2.45) is 0 Å². The number of carbonyl (C=O) groups is 2. The third-order valence-electron chi connectivity index (χ3n) is 5.14. The maximum absolute atomic E-state index is 13.2. The highest BCUT2D eigenvalue weighted by atomic mass is 19.1. The lowest BCUT2D eigenvalue weighted by atomic mass is 9.90. The van der Waals surface area contributed by atoms with Gasteiger partial charge in [0.1, 0.15) is 24.6 Å². The Labute approximate surface area is 156 Å². The fraction of sp³-hybridized carbons (Fsp3) is 0.421. The largest absolute Gasteiger partial charge is 0.361 e. The van der Waals surface area contributed by atoms with E-state index in [-0.39, 0.29) is 30.8 Å². The molecule has 1 unspecified atom stereocenters. The van der Waals surface area contributed by atoms with E-state index in [1.54, 1.807) is 45.1 Å². The number of rotatable bonds is 3. The summed E-state index contributed by atoms with van der Waals surface area (Å²) in [4.78, 5) is 28.4. The van der Waals surface area contributed by atoms with E-state index >= 15 is 0 Å². The first-order chi connectivity index (χ1) is 13.0. The summed E-state index contributed by atoms with van der Waals surface area (Å²) in [5.74, 6) is -0.527. The number of morpholine rings is 1. The van der Waals surface area contributed by atoms with Gasteiger partial charge in [0.05, 0.1) is 13.1 Å². The standard InChI is InChI=1S/C19H21FN4O3/c20-15-3-5-16(6-4-15)24-14-19(27-12-18(24)26)7-1-9-22(13-19)17(25)11-23-10-2-8-21-23/h2-6,8,10H,1,7,9,11-14H2. The molecule has 1 atom stereocenters. The summed E-state index contributed by atoms with van der Waals surface area (Å²) >= 11 is 0. The van der Waals surface area contributed by atoms with E-state index in [9.17, 15) is 14.0 Å². The van der Waals surface area contributed by atoms with E-state index in [1.807, 2.05) is 0 Å². The van der Waals surface area contributed by atoms with Gasteiger partial charge in [-0.3, -0.25) is 14.3 Å². The fourth-order valence-electron chi connectivity index (χ4n) is 3.76. The van der Waals surface area contributed by atoms with Crippen molar-refractivity contribution < 1.29 is 18.7 Å². The summed E-state index contributed by atoms with van der Waals surface area (Å²) in [5.41, 5.74) is 0.0458. The Bertz CT molecular complexity index is 824. The second-order valence-corrected chi connectivity index (χ2v) is 7.05. The minimum atomic E-state index is -0.597. The minimum absolute atomic E-state index is 0.0217. The summed E-state index contributed by atoms with van der Waals surface area (Å²) in [6, 6.07) is 7.64. The molecule has 1 aromatic carbocycles. The van der Waals surface area contributed by atoms with Gasteiger partial charge in [0, 0.05) is 24.6 Å². The Balaban J connectivity index is 1.49. The molecule has 2 amide bonds.